The number of nitrogens with zero attached hydrogens (tertiary/aromatic N) is 4. The summed E-state index contributed by atoms with van der Waals surface area (Å²) in [5.41, 5.74) is 9.79. The number of fused-ring (bicyclic) bond motifs is 1. The molecule has 0 unspecified atom stereocenters. The highest BCUT2D eigenvalue weighted by atomic mass is 32.1. The molecule has 3 aromatic heterocycles. The lowest BCUT2D eigenvalue weighted by Crippen LogP contribution is -2.02. The van der Waals surface area contributed by atoms with Crippen molar-refractivity contribution in [3.05, 3.63) is 40.7 Å². The van der Waals surface area contributed by atoms with Gasteiger partial charge in [-0.1, -0.05) is 30.3 Å². The van der Waals surface area contributed by atoms with Crippen LogP contribution in [0.3, 0.4) is 0 Å². The molecule has 3 N–H and O–H groups in total. The molecule has 3 heterocycles. The van der Waals surface area contributed by atoms with Crippen molar-refractivity contribution in [2.75, 3.05) is 12.3 Å². The van der Waals surface area contributed by atoms with E-state index in [1.807, 2.05) is 37.3 Å². The number of H-pyrrole nitrogens is 1. The van der Waals surface area contributed by atoms with Crippen LogP contribution >= 0.6 is 12.2 Å². The van der Waals surface area contributed by atoms with Crippen LogP contribution in [0.2, 0.25) is 0 Å². The normalized spacial score (nSPS) is 10.9. The maximum Gasteiger partial charge on any atom is 0.284 e. The van der Waals surface area contributed by atoms with Crippen LogP contribution in [0.5, 0.6) is 5.88 Å². The van der Waals surface area contributed by atoms with E-state index in [4.69, 9.17) is 27.1 Å². The quantitative estimate of drug-likeness (QED) is 0.507. The second-order valence-corrected chi connectivity index (χ2v) is 6.39. The molecule has 0 bridgehead atoms. The molecule has 0 aliphatic heterocycles. The van der Waals surface area contributed by atoms with Gasteiger partial charge in [0.2, 0.25) is 5.88 Å². The third-order valence-corrected chi connectivity index (χ3v) is 4.59. The van der Waals surface area contributed by atoms with Crippen LogP contribution in [0.4, 0.5) is 5.69 Å². The number of nitrogen functional groups attached to an aromatic ring is 1. The van der Waals surface area contributed by atoms with E-state index in [-0.39, 0.29) is 16.6 Å². The van der Waals surface area contributed by atoms with Crippen LogP contribution in [0, 0.1) is 16.2 Å². The summed E-state index contributed by atoms with van der Waals surface area (Å²) in [5.74, 6) is 0.505. The zero-order chi connectivity index (χ0) is 19.8. The van der Waals surface area contributed by atoms with Crippen LogP contribution in [0.15, 0.2) is 34.7 Å². The van der Waals surface area contributed by atoms with E-state index in [0.29, 0.717) is 40.1 Å². The number of ether oxygens (including phenoxy) is 1. The zero-order valence-corrected chi connectivity index (χ0v) is 16.0. The molecule has 0 atom stereocenters. The first-order chi connectivity index (χ1) is 13.6. The molecular weight excluding hydrogens is 376 g/mol. The molecule has 0 fully saturated rings. The molecule has 4 rings (SSSR count). The highest BCUT2D eigenvalue weighted by Crippen LogP contribution is 2.43. The standard InChI is InChI=1S/C19H16N6O2S/c1-3-26-17-11(9-20)12(10-7-5-4-6-8-10)13-14(21)15(25(2)16(13)22-17)18-23-24-19(28)27-18/h4-8H,3,21H2,1-2H3,(H,24,28). The van der Waals surface area contributed by atoms with Gasteiger partial charge in [-0.15, -0.1) is 5.10 Å². The maximum atomic E-state index is 9.87. The molecular formula is C19H16N6O2S. The summed E-state index contributed by atoms with van der Waals surface area (Å²) >= 11 is 4.98. The Morgan fingerprint density at radius 1 is 1.36 bits per heavy atom. The Labute approximate surface area is 165 Å². The van der Waals surface area contributed by atoms with Crippen LogP contribution in [-0.4, -0.2) is 26.4 Å². The van der Waals surface area contributed by atoms with E-state index in [1.54, 1.807) is 11.6 Å². The van der Waals surface area contributed by atoms with E-state index in [2.05, 4.69) is 21.3 Å². The number of hydrogen-bond acceptors (Lipinski definition) is 7. The van der Waals surface area contributed by atoms with Crippen LogP contribution < -0.4 is 10.5 Å². The molecule has 0 spiro atoms. The van der Waals surface area contributed by atoms with E-state index >= 15 is 0 Å². The first kappa shape index (κ1) is 17.8. The van der Waals surface area contributed by atoms with Crippen molar-refractivity contribution in [3.63, 3.8) is 0 Å². The number of aromatic nitrogens is 4. The molecule has 0 aliphatic rings. The number of nitriles is 1. The summed E-state index contributed by atoms with van der Waals surface area (Å²) in [4.78, 5) is 4.71. The van der Waals surface area contributed by atoms with Crippen molar-refractivity contribution in [2.45, 2.75) is 6.92 Å². The number of pyridine rings is 1. The van der Waals surface area contributed by atoms with Gasteiger partial charge in [0.25, 0.3) is 10.7 Å². The number of nitrogens with two attached hydrogens (primary N) is 1. The number of rotatable bonds is 4. The van der Waals surface area contributed by atoms with Gasteiger partial charge in [0.15, 0.2) is 0 Å². The minimum Gasteiger partial charge on any atom is -0.477 e. The molecule has 9 heteroatoms. The SMILES string of the molecule is CCOc1nc2c(c(N)c(-c3n[nH]c(=S)o3)n2C)c(-c2ccccc2)c1C#N. The Morgan fingerprint density at radius 3 is 2.71 bits per heavy atom. The topological polar surface area (TPSA) is 119 Å². The number of nitrogens with one attached hydrogen (secondary N) is 1. The van der Waals surface area contributed by atoms with Gasteiger partial charge in [-0.25, -0.2) is 5.10 Å². The van der Waals surface area contributed by atoms with Crippen LogP contribution in [0.1, 0.15) is 12.5 Å². The maximum absolute atomic E-state index is 9.87. The fourth-order valence-corrected chi connectivity index (χ4v) is 3.41. The summed E-state index contributed by atoms with van der Waals surface area (Å²) in [7, 11) is 1.80. The summed E-state index contributed by atoms with van der Waals surface area (Å²) in [6.07, 6.45) is 0. The zero-order valence-electron chi connectivity index (χ0n) is 15.2. The van der Waals surface area contributed by atoms with E-state index in [0.717, 1.165) is 5.56 Å². The summed E-state index contributed by atoms with van der Waals surface area (Å²) in [6.45, 7) is 2.22. The van der Waals surface area contributed by atoms with Crippen molar-refractivity contribution in [2.24, 2.45) is 7.05 Å². The average molecular weight is 392 g/mol. The lowest BCUT2D eigenvalue weighted by atomic mass is 9.97. The number of anilines is 1. The molecule has 28 heavy (non-hydrogen) atoms. The van der Waals surface area contributed by atoms with E-state index in [9.17, 15) is 5.26 Å². The van der Waals surface area contributed by atoms with Crippen molar-refractivity contribution in [3.8, 4) is 34.7 Å². The lowest BCUT2D eigenvalue weighted by molar-refractivity contribution is 0.327. The van der Waals surface area contributed by atoms with Crippen LogP contribution in [-0.2, 0) is 7.05 Å². The smallest absolute Gasteiger partial charge is 0.284 e. The second-order valence-electron chi connectivity index (χ2n) is 6.02. The van der Waals surface area contributed by atoms with Gasteiger partial charge < -0.3 is 19.5 Å². The van der Waals surface area contributed by atoms with Gasteiger partial charge in [-0.3, -0.25) is 0 Å². The Bertz CT molecular complexity index is 1280. The summed E-state index contributed by atoms with van der Waals surface area (Å²) in [5, 5.41) is 17.2. The Morgan fingerprint density at radius 2 is 2.11 bits per heavy atom. The monoisotopic (exact) mass is 392 g/mol. The minimum atomic E-state index is 0.142. The largest absolute Gasteiger partial charge is 0.477 e. The first-order valence-corrected chi connectivity index (χ1v) is 8.93. The Kier molecular flexibility index (Phi) is 4.33. The lowest BCUT2D eigenvalue weighted by Gasteiger charge is -2.12. The minimum absolute atomic E-state index is 0.142. The molecule has 0 saturated carbocycles. The van der Waals surface area contributed by atoms with Crippen LogP contribution in [0.25, 0.3) is 33.7 Å². The van der Waals surface area contributed by atoms with Crippen molar-refractivity contribution in [1.82, 2.24) is 19.7 Å². The fourth-order valence-electron chi connectivity index (χ4n) is 3.28. The summed E-state index contributed by atoms with van der Waals surface area (Å²) in [6, 6.07) is 11.8. The molecule has 0 saturated heterocycles. The summed E-state index contributed by atoms with van der Waals surface area (Å²) < 4.78 is 12.9. The van der Waals surface area contributed by atoms with E-state index in [1.165, 1.54) is 0 Å². The van der Waals surface area contributed by atoms with Gasteiger partial charge in [0, 0.05) is 12.6 Å². The van der Waals surface area contributed by atoms with Gasteiger partial charge in [0.05, 0.1) is 17.7 Å². The number of benzene rings is 1. The first-order valence-electron chi connectivity index (χ1n) is 8.52. The highest BCUT2D eigenvalue weighted by Gasteiger charge is 2.26. The third-order valence-electron chi connectivity index (χ3n) is 4.42. The molecule has 0 amide bonds. The van der Waals surface area contributed by atoms with E-state index < -0.39 is 0 Å². The van der Waals surface area contributed by atoms with Crippen molar-refractivity contribution < 1.29 is 9.15 Å². The number of hydrogen-bond donors (Lipinski definition) is 2. The predicted octanol–water partition coefficient (Wildman–Crippen LogP) is 3.81. The Hall–Kier alpha value is -3.64. The van der Waals surface area contributed by atoms with Gasteiger partial charge in [0.1, 0.15) is 23.0 Å². The van der Waals surface area contributed by atoms with Gasteiger partial charge in [-0.2, -0.15) is 10.2 Å². The molecule has 140 valence electrons. The highest BCUT2D eigenvalue weighted by molar-refractivity contribution is 7.71. The fraction of sp³-hybridized carbons (Fsp3) is 0.158. The van der Waals surface area contributed by atoms with Crippen molar-refractivity contribution >= 4 is 28.9 Å². The molecule has 1 aromatic carbocycles. The third kappa shape index (κ3) is 2.62. The molecule has 4 aromatic rings. The molecule has 0 radical (unpaired) electrons. The molecule has 0 aliphatic carbocycles. The van der Waals surface area contributed by atoms with Crippen molar-refractivity contribution in [1.29, 1.82) is 5.26 Å². The second kappa shape index (κ2) is 6.83. The Balaban J connectivity index is 2.18. The number of aromatic amines is 1. The average Bonchev–Trinajstić information content (AvgIpc) is 3.23. The van der Waals surface area contributed by atoms with Gasteiger partial charge in [-0.05, 0) is 24.7 Å². The number of aryl methyl sites for hydroxylation is 1. The van der Waals surface area contributed by atoms with Gasteiger partial charge >= 0.3 is 0 Å². The predicted molar refractivity (Wildman–Crippen MR) is 107 cm³/mol. The molecule has 8 nitrogen and oxygen atoms in total.